The molecule has 0 aliphatic carbocycles. The Morgan fingerprint density at radius 2 is 2.23 bits per heavy atom. The van der Waals surface area contributed by atoms with Crippen LogP contribution in [0.4, 0.5) is 0 Å². The minimum atomic E-state index is -3.68. The van der Waals surface area contributed by atoms with Crippen molar-refractivity contribution in [2.24, 2.45) is 7.05 Å². The number of hydrogen-bond acceptors (Lipinski definition) is 5. The van der Waals surface area contributed by atoms with E-state index in [1.807, 2.05) is 13.1 Å². The van der Waals surface area contributed by atoms with Crippen LogP contribution >= 0.6 is 0 Å². The SMILES string of the molecule is Cn1nccc1CCNS(=O)(=O)c1cccc(C(=O)N[C@@H]2CCNC2)c1. The number of carbonyl (C=O) groups is 1. The Hall–Kier alpha value is -2.23. The topological polar surface area (TPSA) is 105 Å². The van der Waals surface area contributed by atoms with Crippen LogP contribution in [0.25, 0.3) is 0 Å². The maximum atomic E-state index is 12.5. The van der Waals surface area contributed by atoms with Crippen molar-refractivity contribution in [3.05, 3.63) is 47.8 Å². The molecule has 0 radical (unpaired) electrons. The largest absolute Gasteiger partial charge is 0.348 e. The number of nitrogens with zero attached hydrogens (tertiary/aromatic N) is 2. The molecule has 1 fully saturated rings. The van der Waals surface area contributed by atoms with Gasteiger partial charge in [-0.3, -0.25) is 9.48 Å². The second kappa shape index (κ2) is 7.98. The van der Waals surface area contributed by atoms with Crippen molar-refractivity contribution < 1.29 is 13.2 Å². The second-order valence-electron chi connectivity index (χ2n) is 6.28. The molecular formula is C17H23N5O3S. The van der Waals surface area contributed by atoms with Crippen molar-refractivity contribution in [3.8, 4) is 0 Å². The molecule has 3 N–H and O–H groups in total. The van der Waals surface area contributed by atoms with Gasteiger partial charge in [-0.1, -0.05) is 6.07 Å². The Kier molecular flexibility index (Phi) is 5.70. The molecule has 0 spiro atoms. The summed E-state index contributed by atoms with van der Waals surface area (Å²) in [4.78, 5) is 12.4. The Morgan fingerprint density at radius 3 is 2.92 bits per heavy atom. The summed E-state index contributed by atoms with van der Waals surface area (Å²) in [7, 11) is -1.87. The second-order valence-corrected chi connectivity index (χ2v) is 8.05. The molecule has 1 aliphatic heterocycles. The van der Waals surface area contributed by atoms with Gasteiger partial charge in [0.25, 0.3) is 5.91 Å². The predicted molar refractivity (Wildman–Crippen MR) is 97.3 cm³/mol. The van der Waals surface area contributed by atoms with Crippen LogP contribution in [0.1, 0.15) is 22.5 Å². The Balaban J connectivity index is 1.63. The van der Waals surface area contributed by atoms with Crippen LogP contribution in [0.3, 0.4) is 0 Å². The molecule has 0 unspecified atom stereocenters. The quantitative estimate of drug-likeness (QED) is 0.632. The maximum Gasteiger partial charge on any atom is 0.251 e. The molecule has 1 amide bonds. The summed E-state index contributed by atoms with van der Waals surface area (Å²) in [6, 6.07) is 8.02. The van der Waals surface area contributed by atoms with Gasteiger partial charge in [-0.15, -0.1) is 0 Å². The van der Waals surface area contributed by atoms with E-state index in [0.29, 0.717) is 12.0 Å². The van der Waals surface area contributed by atoms with E-state index >= 15 is 0 Å². The van der Waals surface area contributed by atoms with Gasteiger partial charge in [-0.05, 0) is 37.2 Å². The van der Waals surface area contributed by atoms with Crippen molar-refractivity contribution in [1.29, 1.82) is 0 Å². The minimum Gasteiger partial charge on any atom is -0.348 e. The molecule has 9 heteroatoms. The molecule has 0 saturated carbocycles. The molecule has 2 aromatic rings. The van der Waals surface area contributed by atoms with Gasteiger partial charge in [0.05, 0.1) is 4.90 Å². The number of amides is 1. The van der Waals surface area contributed by atoms with Crippen LogP contribution < -0.4 is 15.4 Å². The summed E-state index contributed by atoms with van der Waals surface area (Å²) in [5, 5.41) is 10.1. The van der Waals surface area contributed by atoms with E-state index in [1.165, 1.54) is 12.1 Å². The van der Waals surface area contributed by atoms with Gasteiger partial charge < -0.3 is 10.6 Å². The number of benzene rings is 1. The first-order valence-electron chi connectivity index (χ1n) is 8.54. The lowest BCUT2D eigenvalue weighted by Crippen LogP contribution is -2.36. The molecule has 1 atom stereocenters. The van der Waals surface area contributed by atoms with Gasteiger partial charge in [0, 0.05) is 50.1 Å². The lowest BCUT2D eigenvalue weighted by Gasteiger charge is -2.12. The molecule has 2 heterocycles. The summed E-state index contributed by atoms with van der Waals surface area (Å²) in [5.41, 5.74) is 1.28. The van der Waals surface area contributed by atoms with Crippen molar-refractivity contribution in [2.75, 3.05) is 19.6 Å². The number of sulfonamides is 1. The van der Waals surface area contributed by atoms with E-state index in [0.717, 1.165) is 25.2 Å². The van der Waals surface area contributed by atoms with Gasteiger partial charge in [0.1, 0.15) is 0 Å². The van der Waals surface area contributed by atoms with Crippen molar-refractivity contribution in [3.63, 3.8) is 0 Å². The van der Waals surface area contributed by atoms with Crippen LogP contribution in [0.5, 0.6) is 0 Å². The van der Waals surface area contributed by atoms with Gasteiger partial charge in [0.2, 0.25) is 10.0 Å². The monoisotopic (exact) mass is 377 g/mol. The van der Waals surface area contributed by atoms with Crippen molar-refractivity contribution in [1.82, 2.24) is 25.1 Å². The number of hydrogen-bond donors (Lipinski definition) is 3. The first-order valence-corrected chi connectivity index (χ1v) is 10.0. The molecule has 140 valence electrons. The number of nitrogens with one attached hydrogen (secondary N) is 3. The van der Waals surface area contributed by atoms with Gasteiger partial charge in [-0.25, -0.2) is 13.1 Å². The van der Waals surface area contributed by atoms with Gasteiger partial charge in [0.15, 0.2) is 0 Å². The predicted octanol–water partition coefficient (Wildman–Crippen LogP) is 0.0328. The lowest BCUT2D eigenvalue weighted by atomic mass is 10.2. The fourth-order valence-electron chi connectivity index (χ4n) is 2.89. The average molecular weight is 377 g/mol. The summed E-state index contributed by atoms with van der Waals surface area (Å²) in [5.74, 6) is -0.259. The highest BCUT2D eigenvalue weighted by atomic mass is 32.2. The van der Waals surface area contributed by atoms with E-state index in [1.54, 1.807) is 23.0 Å². The first kappa shape index (κ1) is 18.6. The Labute approximate surface area is 153 Å². The maximum absolute atomic E-state index is 12.5. The highest BCUT2D eigenvalue weighted by molar-refractivity contribution is 7.89. The Bertz CT molecular complexity index is 872. The smallest absolute Gasteiger partial charge is 0.251 e. The summed E-state index contributed by atoms with van der Waals surface area (Å²) in [6.45, 7) is 1.87. The van der Waals surface area contributed by atoms with Gasteiger partial charge in [-0.2, -0.15) is 5.10 Å². The highest BCUT2D eigenvalue weighted by Gasteiger charge is 2.20. The van der Waals surface area contributed by atoms with Crippen LogP contribution in [0.15, 0.2) is 41.4 Å². The Morgan fingerprint density at radius 1 is 1.38 bits per heavy atom. The van der Waals surface area contributed by atoms with E-state index in [2.05, 4.69) is 20.5 Å². The molecule has 0 bridgehead atoms. The van der Waals surface area contributed by atoms with Crippen LogP contribution in [0, 0.1) is 0 Å². The molecule has 8 nitrogen and oxygen atoms in total. The summed E-state index contributed by atoms with van der Waals surface area (Å²) < 4.78 is 29.3. The van der Waals surface area contributed by atoms with E-state index in [4.69, 9.17) is 0 Å². The molecule has 1 aromatic heterocycles. The van der Waals surface area contributed by atoms with Crippen molar-refractivity contribution in [2.45, 2.75) is 23.8 Å². The molecule has 3 rings (SSSR count). The van der Waals surface area contributed by atoms with Crippen LogP contribution in [-0.4, -0.2) is 49.8 Å². The number of aromatic nitrogens is 2. The standard InChI is InChI=1S/C17H23N5O3S/c1-22-15(6-9-19-22)7-10-20-26(24,25)16-4-2-3-13(11-16)17(23)21-14-5-8-18-12-14/h2-4,6,9,11,14,18,20H,5,7-8,10,12H2,1H3,(H,21,23)/t14-/m1/s1. The van der Waals surface area contributed by atoms with Crippen LogP contribution in [-0.2, 0) is 23.5 Å². The summed E-state index contributed by atoms with van der Waals surface area (Å²) >= 11 is 0. The van der Waals surface area contributed by atoms with Crippen LogP contribution in [0.2, 0.25) is 0 Å². The highest BCUT2D eigenvalue weighted by Crippen LogP contribution is 2.12. The molecule has 1 saturated heterocycles. The summed E-state index contributed by atoms with van der Waals surface area (Å²) in [6.07, 6.45) is 3.08. The molecule has 26 heavy (non-hydrogen) atoms. The lowest BCUT2D eigenvalue weighted by molar-refractivity contribution is 0.0940. The third-order valence-corrected chi connectivity index (χ3v) is 5.86. The minimum absolute atomic E-state index is 0.0831. The zero-order valence-corrected chi connectivity index (χ0v) is 15.4. The van der Waals surface area contributed by atoms with Gasteiger partial charge >= 0.3 is 0 Å². The zero-order valence-electron chi connectivity index (χ0n) is 14.6. The van der Waals surface area contributed by atoms with E-state index < -0.39 is 10.0 Å². The third-order valence-electron chi connectivity index (χ3n) is 4.40. The number of rotatable bonds is 7. The van der Waals surface area contributed by atoms with E-state index in [9.17, 15) is 13.2 Å². The average Bonchev–Trinajstić information content (AvgIpc) is 3.27. The number of carbonyl (C=O) groups excluding carboxylic acids is 1. The zero-order chi connectivity index (χ0) is 18.6. The fraction of sp³-hybridized carbons (Fsp3) is 0.412. The molecular weight excluding hydrogens is 354 g/mol. The van der Waals surface area contributed by atoms with E-state index in [-0.39, 0.29) is 23.4 Å². The van der Waals surface area contributed by atoms with Crippen molar-refractivity contribution >= 4 is 15.9 Å². The fourth-order valence-corrected chi connectivity index (χ4v) is 3.97. The molecule has 1 aromatic carbocycles. The normalized spacial score (nSPS) is 17.3. The third kappa shape index (κ3) is 4.48. The number of aryl methyl sites for hydroxylation is 1. The molecule has 1 aliphatic rings. The first-order chi connectivity index (χ1) is 12.5.